The molecule has 2 atom stereocenters. The highest BCUT2D eigenvalue weighted by atomic mass is 16.7. The Morgan fingerprint density at radius 1 is 1.42 bits per heavy atom. The van der Waals surface area contributed by atoms with Gasteiger partial charge in [0.15, 0.2) is 11.5 Å². The molecule has 1 saturated heterocycles. The summed E-state index contributed by atoms with van der Waals surface area (Å²) >= 11 is 0. The standard InChI is InChI=1S/C13H16N2O4/c1-13(6-17-5-11(13)14)12(16)15-8-2-3-9-10(4-8)19-7-18-9/h2-4,11H,5-7,14H2,1H3,(H,15,16). The highest BCUT2D eigenvalue weighted by molar-refractivity contribution is 5.96. The number of rotatable bonds is 2. The number of nitrogens with one attached hydrogen (secondary N) is 1. The average Bonchev–Trinajstić information content (AvgIpc) is 2.97. The van der Waals surface area contributed by atoms with E-state index in [9.17, 15) is 4.79 Å². The summed E-state index contributed by atoms with van der Waals surface area (Å²) in [5, 5.41) is 2.85. The van der Waals surface area contributed by atoms with Crippen LogP contribution in [-0.4, -0.2) is 32.0 Å². The van der Waals surface area contributed by atoms with E-state index in [2.05, 4.69) is 5.32 Å². The molecule has 0 aromatic heterocycles. The minimum atomic E-state index is -0.698. The van der Waals surface area contributed by atoms with Gasteiger partial charge in [-0.3, -0.25) is 4.79 Å². The normalized spacial score (nSPS) is 28.4. The maximum atomic E-state index is 12.3. The molecule has 3 rings (SSSR count). The number of carbonyl (C=O) groups is 1. The quantitative estimate of drug-likeness (QED) is 0.822. The van der Waals surface area contributed by atoms with Gasteiger partial charge >= 0.3 is 0 Å². The van der Waals surface area contributed by atoms with Crippen molar-refractivity contribution >= 4 is 11.6 Å². The van der Waals surface area contributed by atoms with Gasteiger partial charge in [0.05, 0.1) is 18.6 Å². The van der Waals surface area contributed by atoms with Crippen LogP contribution in [0.5, 0.6) is 11.5 Å². The van der Waals surface area contributed by atoms with E-state index in [1.54, 1.807) is 18.2 Å². The summed E-state index contributed by atoms with van der Waals surface area (Å²) in [5.74, 6) is 1.18. The molecule has 0 radical (unpaired) electrons. The molecular formula is C13H16N2O4. The molecule has 2 heterocycles. The number of hydrogen-bond acceptors (Lipinski definition) is 5. The predicted octanol–water partition coefficient (Wildman–Crippen LogP) is 0.718. The van der Waals surface area contributed by atoms with Crippen molar-refractivity contribution < 1.29 is 19.0 Å². The smallest absolute Gasteiger partial charge is 0.234 e. The Kier molecular flexibility index (Phi) is 2.83. The second-order valence-electron chi connectivity index (χ2n) is 5.06. The zero-order valence-electron chi connectivity index (χ0n) is 10.6. The van der Waals surface area contributed by atoms with E-state index in [0.717, 1.165) is 0 Å². The fourth-order valence-corrected chi connectivity index (χ4v) is 2.17. The topological polar surface area (TPSA) is 82.8 Å². The van der Waals surface area contributed by atoms with Crippen molar-refractivity contribution in [3.05, 3.63) is 18.2 Å². The number of benzene rings is 1. The van der Waals surface area contributed by atoms with Crippen LogP contribution in [0.25, 0.3) is 0 Å². The third kappa shape index (κ3) is 2.02. The summed E-state index contributed by atoms with van der Waals surface area (Å²) in [6.45, 7) is 2.77. The average molecular weight is 264 g/mol. The van der Waals surface area contributed by atoms with Crippen molar-refractivity contribution in [1.29, 1.82) is 0 Å². The molecular weight excluding hydrogens is 248 g/mol. The van der Waals surface area contributed by atoms with Crippen molar-refractivity contribution in [1.82, 2.24) is 0 Å². The summed E-state index contributed by atoms with van der Waals surface area (Å²) in [6.07, 6.45) is 0. The van der Waals surface area contributed by atoms with E-state index in [4.69, 9.17) is 19.9 Å². The Bertz CT molecular complexity index is 519. The molecule has 1 aromatic carbocycles. The second-order valence-corrected chi connectivity index (χ2v) is 5.06. The Hall–Kier alpha value is -1.79. The predicted molar refractivity (Wildman–Crippen MR) is 68.1 cm³/mol. The molecule has 6 heteroatoms. The van der Waals surface area contributed by atoms with E-state index in [0.29, 0.717) is 30.4 Å². The van der Waals surface area contributed by atoms with E-state index in [1.165, 1.54) is 0 Å². The number of hydrogen-bond donors (Lipinski definition) is 2. The van der Waals surface area contributed by atoms with Crippen LogP contribution >= 0.6 is 0 Å². The Labute approximate surface area is 110 Å². The van der Waals surface area contributed by atoms with Gasteiger partial charge in [0.1, 0.15) is 0 Å². The highest BCUT2D eigenvalue weighted by Crippen LogP contribution is 2.35. The third-order valence-electron chi connectivity index (χ3n) is 3.67. The highest BCUT2D eigenvalue weighted by Gasteiger charge is 2.44. The van der Waals surface area contributed by atoms with Gasteiger partial charge in [-0.15, -0.1) is 0 Å². The second kappa shape index (κ2) is 4.40. The number of anilines is 1. The molecule has 0 aliphatic carbocycles. The van der Waals surface area contributed by atoms with Crippen LogP contribution < -0.4 is 20.5 Å². The van der Waals surface area contributed by atoms with Crippen LogP contribution in [0.15, 0.2) is 18.2 Å². The molecule has 0 bridgehead atoms. The maximum Gasteiger partial charge on any atom is 0.234 e. The van der Waals surface area contributed by atoms with Gasteiger partial charge < -0.3 is 25.3 Å². The fraction of sp³-hybridized carbons (Fsp3) is 0.462. The van der Waals surface area contributed by atoms with E-state index in [1.807, 2.05) is 6.92 Å². The molecule has 1 amide bonds. The first-order chi connectivity index (χ1) is 9.09. The maximum absolute atomic E-state index is 12.3. The number of amides is 1. The van der Waals surface area contributed by atoms with E-state index < -0.39 is 5.41 Å². The summed E-state index contributed by atoms with van der Waals surface area (Å²) < 4.78 is 15.8. The van der Waals surface area contributed by atoms with E-state index in [-0.39, 0.29) is 18.7 Å². The summed E-state index contributed by atoms with van der Waals surface area (Å²) in [5.41, 5.74) is 5.89. The molecule has 3 N–H and O–H groups in total. The Morgan fingerprint density at radius 3 is 2.95 bits per heavy atom. The van der Waals surface area contributed by atoms with Crippen molar-refractivity contribution in [3.63, 3.8) is 0 Å². The third-order valence-corrected chi connectivity index (χ3v) is 3.67. The molecule has 2 aliphatic heterocycles. The molecule has 1 fully saturated rings. The van der Waals surface area contributed by atoms with Gasteiger partial charge in [-0.05, 0) is 19.1 Å². The van der Waals surface area contributed by atoms with Crippen molar-refractivity contribution in [2.75, 3.05) is 25.3 Å². The van der Waals surface area contributed by atoms with Gasteiger partial charge in [-0.25, -0.2) is 0 Å². The summed E-state index contributed by atoms with van der Waals surface area (Å²) in [4.78, 5) is 12.3. The van der Waals surface area contributed by atoms with Gasteiger partial charge in [0.25, 0.3) is 0 Å². The summed E-state index contributed by atoms with van der Waals surface area (Å²) in [6, 6.07) is 4.99. The number of fused-ring (bicyclic) bond motifs is 1. The molecule has 2 aliphatic rings. The number of nitrogens with two attached hydrogens (primary N) is 1. The van der Waals surface area contributed by atoms with Crippen LogP contribution in [0.4, 0.5) is 5.69 Å². The zero-order chi connectivity index (χ0) is 13.5. The van der Waals surface area contributed by atoms with Crippen molar-refractivity contribution in [3.8, 4) is 11.5 Å². The minimum absolute atomic E-state index is 0.142. The molecule has 1 aromatic rings. The monoisotopic (exact) mass is 264 g/mol. The zero-order valence-corrected chi connectivity index (χ0v) is 10.6. The van der Waals surface area contributed by atoms with Crippen LogP contribution in [0.3, 0.4) is 0 Å². The minimum Gasteiger partial charge on any atom is -0.454 e. The van der Waals surface area contributed by atoms with Gasteiger partial charge in [0, 0.05) is 17.8 Å². The largest absolute Gasteiger partial charge is 0.454 e. The first-order valence-corrected chi connectivity index (χ1v) is 6.14. The molecule has 0 spiro atoms. The molecule has 6 nitrogen and oxygen atoms in total. The summed E-state index contributed by atoms with van der Waals surface area (Å²) in [7, 11) is 0. The lowest BCUT2D eigenvalue weighted by atomic mass is 9.85. The van der Waals surface area contributed by atoms with Crippen LogP contribution in [0.2, 0.25) is 0 Å². The lowest BCUT2D eigenvalue weighted by molar-refractivity contribution is -0.125. The van der Waals surface area contributed by atoms with Crippen molar-refractivity contribution in [2.45, 2.75) is 13.0 Å². The Morgan fingerprint density at radius 2 is 2.21 bits per heavy atom. The van der Waals surface area contributed by atoms with Crippen LogP contribution in [0, 0.1) is 5.41 Å². The van der Waals surface area contributed by atoms with Gasteiger partial charge in [-0.1, -0.05) is 0 Å². The van der Waals surface area contributed by atoms with Gasteiger partial charge in [-0.2, -0.15) is 0 Å². The molecule has 2 unspecified atom stereocenters. The molecule has 19 heavy (non-hydrogen) atoms. The lowest BCUT2D eigenvalue weighted by Gasteiger charge is -2.25. The van der Waals surface area contributed by atoms with Gasteiger partial charge in [0.2, 0.25) is 12.7 Å². The first kappa shape index (κ1) is 12.3. The molecule has 102 valence electrons. The first-order valence-electron chi connectivity index (χ1n) is 6.14. The SMILES string of the molecule is CC1(C(=O)Nc2ccc3c(c2)OCO3)COCC1N. The Balaban J connectivity index is 1.76. The number of ether oxygens (including phenoxy) is 3. The number of carbonyl (C=O) groups excluding carboxylic acids is 1. The van der Waals surface area contributed by atoms with Crippen LogP contribution in [-0.2, 0) is 9.53 Å². The fourth-order valence-electron chi connectivity index (χ4n) is 2.17. The van der Waals surface area contributed by atoms with Crippen LogP contribution in [0.1, 0.15) is 6.92 Å². The molecule has 0 saturated carbocycles. The lowest BCUT2D eigenvalue weighted by Crippen LogP contribution is -2.47. The van der Waals surface area contributed by atoms with E-state index >= 15 is 0 Å². The van der Waals surface area contributed by atoms with Crippen molar-refractivity contribution in [2.24, 2.45) is 11.1 Å².